The highest BCUT2D eigenvalue weighted by atomic mass is 16.5. The SMILES string of the molecule is CCCCC[C@@H](C)CCC[C@@H](C)[C@H](C)OC(C)=O. The van der Waals surface area contributed by atoms with Crippen LogP contribution in [0.5, 0.6) is 0 Å². The van der Waals surface area contributed by atoms with Crippen molar-refractivity contribution in [3.05, 3.63) is 0 Å². The zero-order chi connectivity index (χ0) is 14.0. The molecular formula is C16H32O2. The van der Waals surface area contributed by atoms with Crippen LogP contribution >= 0.6 is 0 Å². The van der Waals surface area contributed by atoms with Gasteiger partial charge in [0.25, 0.3) is 0 Å². The minimum Gasteiger partial charge on any atom is -0.463 e. The number of hydrogen-bond acceptors (Lipinski definition) is 2. The molecule has 0 aliphatic carbocycles. The molecule has 0 fully saturated rings. The number of hydrogen-bond donors (Lipinski definition) is 0. The molecule has 0 spiro atoms. The Morgan fingerprint density at radius 3 is 2.17 bits per heavy atom. The monoisotopic (exact) mass is 256 g/mol. The molecule has 0 aromatic carbocycles. The summed E-state index contributed by atoms with van der Waals surface area (Å²) >= 11 is 0. The van der Waals surface area contributed by atoms with E-state index in [1.54, 1.807) is 0 Å². The van der Waals surface area contributed by atoms with E-state index in [1.807, 2.05) is 6.92 Å². The van der Waals surface area contributed by atoms with Gasteiger partial charge in [-0.3, -0.25) is 4.79 Å². The molecule has 0 saturated carbocycles. The number of carbonyl (C=O) groups is 1. The van der Waals surface area contributed by atoms with Gasteiger partial charge in [-0.25, -0.2) is 0 Å². The predicted octanol–water partition coefficient (Wildman–Crippen LogP) is 4.96. The van der Waals surface area contributed by atoms with E-state index < -0.39 is 0 Å². The number of rotatable bonds is 10. The third-order valence-electron chi connectivity index (χ3n) is 3.81. The minimum absolute atomic E-state index is 0.0536. The van der Waals surface area contributed by atoms with Gasteiger partial charge in [-0.1, -0.05) is 59.3 Å². The summed E-state index contributed by atoms with van der Waals surface area (Å²) in [5.74, 6) is 1.15. The first-order valence-electron chi connectivity index (χ1n) is 7.64. The average Bonchev–Trinajstić information content (AvgIpc) is 2.28. The number of carbonyl (C=O) groups excluding carboxylic acids is 1. The first kappa shape index (κ1) is 17.5. The molecule has 0 amide bonds. The maximum atomic E-state index is 10.9. The Kier molecular flexibility index (Phi) is 10.1. The van der Waals surface area contributed by atoms with Crippen LogP contribution in [0.4, 0.5) is 0 Å². The standard InChI is InChI=1S/C16H32O2/c1-6-7-8-10-13(2)11-9-12-14(3)15(4)18-16(5)17/h13-15H,6-12H2,1-5H3/t13-,14-,15+/m1/s1. The van der Waals surface area contributed by atoms with Gasteiger partial charge in [0.05, 0.1) is 0 Å². The normalized spacial score (nSPS) is 16.1. The molecule has 0 rings (SSSR count). The van der Waals surface area contributed by atoms with Crippen LogP contribution in [0.15, 0.2) is 0 Å². The second kappa shape index (κ2) is 10.4. The Morgan fingerprint density at radius 1 is 1.00 bits per heavy atom. The fraction of sp³-hybridized carbons (Fsp3) is 0.938. The van der Waals surface area contributed by atoms with Crippen LogP contribution in [0.3, 0.4) is 0 Å². The summed E-state index contributed by atoms with van der Waals surface area (Å²) in [6.45, 7) is 10.3. The molecule has 2 nitrogen and oxygen atoms in total. The van der Waals surface area contributed by atoms with Gasteiger partial charge in [-0.15, -0.1) is 0 Å². The lowest BCUT2D eigenvalue weighted by molar-refractivity contribution is -0.147. The van der Waals surface area contributed by atoms with Crippen LogP contribution in [0.25, 0.3) is 0 Å². The first-order chi connectivity index (χ1) is 8.47. The fourth-order valence-corrected chi connectivity index (χ4v) is 2.29. The van der Waals surface area contributed by atoms with E-state index in [0.29, 0.717) is 5.92 Å². The van der Waals surface area contributed by atoms with Gasteiger partial charge in [0, 0.05) is 6.92 Å². The van der Waals surface area contributed by atoms with Gasteiger partial charge in [0.1, 0.15) is 6.10 Å². The maximum absolute atomic E-state index is 10.9. The smallest absolute Gasteiger partial charge is 0.302 e. The molecule has 0 aromatic rings. The number of unbranched alkanes of at least 4 members (excludes halogenated alkanes) is 2. The summed E-state index contributed by atoms with van der Waals surface area (Å²) in [6, 6.07) is 0. The Morgan fingerprint density at radius 2 is 1.61 bits per heavy atom. The molecule has 0 saturated heterocycles. The van der Waals surface area contributed by atoms with Crippen LogP contribution in [-0.2, 0) is 9.53 Å². The summed E-state index contributed by atoms with van der Waals surface area (Å²) in [4.78, 5) is 10.9. The lowest BCUT2D eigenvalue weighted by atomic mass is 9.93. The van der Waals surface area contributed by atoms with Crippen LogP contribution in [0, 0.1) is 11.8 Å². The van der Waals surface area contributed by atoms with E-state index in [0.717, 1.165) is 12.3 Å². The third-order valence-corrected chi connectivity index (χ3v) is 3.81. The molecule has 0 bridgehead atoms. The molecule has 0 aliphatic heterocycles. The molecule has 3 atom stereocenters. The van der Waals surface area contributed by atoms with Crippen molar-refractivity contribution in [1.29, 1.82) is 0 Å². The zero-order valence-electron chi connectivity index (χ0n) is 13.0. The Labute approximate surface area is 113 Å². The van der Waals surface area contributed by atoms with E-state index in [9.17, 15) is 4.79 Å². The van der Waals surface area contributed by atoms with Crippen LogP contribution in [0.2, 0.25) is 0 Å². The van der Waals surface area contributed by atoms with Crippen LogP contribution in [0.1, 0.15) is 79.6 Å². The lowest BCUT2D eigenvalue weighted by Crippen LogP contribution is -2.20. The molecule has 0 radical (unpaired) electrons. The van der Waals surface area contributed by atoms with Crippen LogP contribution < -0.4 is 0 Å². The van der Waals surface area contributed by atoms with E-state index in [2.05, 4.69) is 20.8 Å². The van der Waals surface area contributed by atoms with Crippen molar-refractivity contribution in [3.63, 3.8) is 0 Å². The van der Waals surface area contributed by atoms with Gasteiger partial charge < -0.3 is 4.74 Å². The fourth-order valence-electron chi connectivity index (χ4n) is 2.29. The lowest BCUT2D eigenvalue weighted by Gasteiger charge is -2.20. The second-order valence-corrected chi connectivity index (χ2v) is 5.82. The quantitative estimate of drug-likeness (QED) is 0.408. The second-order valence-electron chi connectivity index (χ2n) is 5.82. The Bertz CT molecular complexity index is 213. The minimum atomic E-state index is -0.165. The van der Waals surface area contributed by atoms with E-state index >= 15 is 0 Å². The molecule has 18 heavy (non-hydrogen) atoms. The van der Waals surface area contributed by atoms with Gasteiger partial charge in [0.15, 0.2) is 0 Å². The molecule has 108 valence electrons. The van der Waals surface area contributed by atoms with Gasteiger partial charge in [0.2, 0.25) is 0 Å². The summed E-state index contributed by atoms with van der Waals surface area (Å²) in [7, 11) is 0. The van der Waals surface area contributed by atoms with Gasteiger partial charge in [-0.05, 0) is 25.2 Å². The number of esters is 1. The van der Waals surface area contributed by atoms with Gasteiger partial charge in [-0.2, -0.15) is 0 Å². The van der Waals surface area contributed by atoms with Crippen molar-refractivity contribution >= 4 is 5.97 Å². The highest BCUT2D eigenvalue weighted by Crippen LogP contribution is 2.20. The Balaban J connectivity index is 3.60. The largest absolute Gasteiger partial charge is 0.463 e. The molecule has 0 unspecified atom stereocenters. The zero-order valence-corrected chi connectivity index (χ0v) is 13.0. The van der Waals surface area contributed by atoms with Crippen LogP contribution in [-0.4, -0.2) is 12.1 Å². The molecule has 2 heteroatoms. The third kappa shape index (κ3) is 9.49. The summed E-state index contributed by atoms with van der Waals surface area (Å²) in [5, 5.41) is 0. The number of ether oxygens (including phenoxy) is 1. The molecule has 0 N–H and O–H groups in total. The van der Waals surface area contributed by atoms with E-state index in [-0.39, 0.29) is 12.1 Å². The van der Waals surface area contributed by atoms with Crippen molar-refractivity contribution < 1.29 is 9.53 Å². The van der Waals surface area contributed by atoms with E-state index in [1.165, 1.54) is 45.4 Å². The predicted molar refractivity (Wildman–Crippen MR) is 77.5 cm³/mol. The first-order valence-corrected chi connectivity index (χ1v) is 7.64. The summed E-state index contributed by atoms with van der Waals surface area (Å²) in [5.41, 5.74) is 0. The van der Waals surface area contributed by atoms with Crippen molar-refractivity contribution in [1.82, 2.24) is 0 Å². The van der Waals surface area contributed by atoms with E-state index in [4.69, 9.17) is 4.74 Å². The molecule has 0 aliphatic rings. The van der Waals surface area contributed by atoms with Crippen molar-refractivity contribution in [3.8, 4) is 0 Å². The summed E-state index contributed by atoms with van der Waals surface area (Å²) < 4.78 is 5.21. The summed E-state index contributed by atoms with van der Waals surface area (Å²) in [6.07, 6.45) is 9.18. The average molecular weight is 256 g/mol. The molecule has 0 heterocycles. The van der Waals surface area contributed by atoms with Crippen molar-refractivity contribution in [2.45, 2.75) is 85.7 Å². The molecule has 0 aromatic heterocycles. The van der Waals surface area contributed by atoms with Crippen molar-refractivity contribution in [2.75, 3.05) is 0 Å². The topological polar surface area (TPSA) is 26.3 Å². The highest BCUT2D eigenvalue weighted by Gasteiger charge is 2.14. The van der Waals surface area contributed by atoms with Gasteiger partial charge >= 0.3 is 5.97 Å². The molecular weight excluding hydrogens is 224 g/mol. The Hall–Kier alpha value is -0.530. The highest BCUT2D eigenvalue weighted by molar-refractivity contribution is 5.66. The van der Waals surface area contributed by atoms with Crippen molar-refractivity contribution in [2.24, 2.45) is 11.8 Å². The maximum Gasteiger partial charge on any atom is 0.302 e.